The second kappa shape index (κ2) is 13.6. The molecule has 3 N–H and O–H groups in total. The molecule has 5 unspecified atom stereocenters. The van der Waals surface area contributed by atoms with Crippen LogP contribution >= 0.6 is 11.3 Å². The van der Waals surface area contributed by atoms with E-state index in [1.807, 2.05) is 44.2 Å². The van der Waals surface area contributed by atoms with Crippen LogP contribution in [-0.4, -0.2) is 98.0 Å². The van der Waals surface area contributed by atoms with Crippen LogP contribution in [0, 0.1) is 11.8 Å². The normalized spacial score (nSPS) is 26.5. The number of aliphatic hydroxyl groups excluding tert-OH is 1. The summed E-state index contributed by atoms with van der Waals surface area (Å²) >= 11 is 1.43. The molecule has 4 fully saturated rings. The minimum absolute atomic E-state index is 0.0134. The maximum Gasteiger partial charge on any atom is 0.407 e. The number of thiazole rings is 1. The molecular weight excluding hydrogens is 645 g/mol. The molecule has 1 aliphatic carbocycles. The van der Waals surface area contributed by atoms with Gasteiger partial charge in [-0.05, 0) is 55.4 Å². The summed E-state index contributed by atoms with van der Waals surface area (Å²) < 4.78 is 53.5. The van der Waals surface area contributed by atoms with Gasteiger partial charge in [-0.15, -0.1) is 0 Å². The number of sulfonamides is 1. The van der Waals surface area contributed by atoms with Crippen LogP contribution in [0.25, 0.3) is 10.2 Å². The molecule has 0 radical (unpaired) electrons. The molecule has 4 aliphatic rings. The monoisotopic (exact) mass is 686 g/mol. The van der Waals surface area contributed by atoms with Crippen LogP contribution in [0.1, 0.15) is 38.7 Å². The first kappa shape index (κ1) is 32.7. The van der Waals surface area contributed by atoms with Crippen LogP contribution in [0.15, 0.2) is 53.4 Å². The van der Waals surface area contributed by atoms with Crippen LogP contribution in [0.4, 0.5) is 9.93 Å². The second-order valence-electron chi connectivity index (χ2n) is 13.3. The number of fused-ring (bicyclic) bond motifs is 2. The average molecular weight is 687 g/mol. The predicted molar refractivity (Wildman–Crippen MR) is 176 cm³/mol. The molecule has 12 nitrogen and oxygen atoms in total. The van der Waals surface area contributed by atoms with Gasteiger partial charge in [-0.3, -0.25) is 0 Å². The van der Waals surface area contributed by atoms with Crippen molar-refractivity contribution in [2.75, 3.05) is 31.6 Å². The summed E-state index contributed by atoms with van der Waals surface area (Å²) in [6.45, 7) is 4.48. The Morgan fingerprint density at radius 3 is 2.68 bits per heavy atom. The zero-order chi connectivity index (χ0) is 32.7. The number of benzene rings is 2. The number of hydrogen-bond acceptors (Lipinski definition) is 11. The van der Waals surface area contributed by atoms with Crippen LogP contribution in [0.3, 0.4) is 0 Å². The van der Waals surface area contributed by atoms with Crippen molar-refractivity contribution < 1.29 is 37.3 Å². The lowest BCUT2D eigenvalue weighted by atomic mass is 9.99. The Balaban J connectivity index is 1.08. The molecule has 7 atom stereocenters. The van der Waals surface area contributed by atoms with E-state index >= 15 is 0 Å². The lowest BCUT2D eigenvalue weighted by Crippen LogP contribution is -2.51. The molecule has 4 heterocycles. The lowest BCUT2D eigenvalue weighted by Gasteiger charge is -2.31. The first-order valence-electron chi connectivity index (χ1n) is 16.4. The van der Waals surface area contributed by atoms with Crippen molar-refractivity contribution in [1.82, 2.24) is 14.6 Å². The fraction of sp³-hybridized carbons (Fsp3) is 0.576. The van der Waals surface area contributed by atoms with Gasteiger partial charge in [0.05, 0.1) is 46.4 Å². The zero-order valence-electron chi connectivity index (χ0n) is 26.5. The van der Waals surface area contributed by atoms with Crippen molar-refractivity contribution >= 4 is 42.8 Å². The van der Waals surface area contributed by atoms with E-state index in [2.05, 4.69) is 15.6 Å². The van der Waals surface area contributed by atoms with Crippen molar-refractivity contribution in [2.45, 2.75) is 87.2 Å². The summed E-state index contributed by atoms with van der Waals surface area (Å²) in [5.74, 6) is -0.144. The van der Waals surface area contributed by atoms with E-state index < -0.39 is 40.7 Å². The molecule has 7 rings (SSSR count). The summed E-state index contributed by atoms with van der Waals surface area (Å²) in [6, 6.07) is 14.3. The Bertz CT molecular complexity index is 1670. The Hall–Kier alpha value is -2.85. The molecular formula is C33H42N4O8S2. The van der Waals surface area contributed by atoms with E-state index in [1.54, 1.807) is 18.2 Å². The highest BCUT2D eigenvalue weighted by molar-refractivity contribution is 7.89. The fourth-order valence-corrected chi connectivity index (χ4v) is 9.26. The number of carbonyl (C=O) groups excluding carboxylic acids is 1. The van der Waals surface area contributed by atoms with E-state index in [9.17, 15) is 18.3 Å². The molecule has 1 saturated carbocycles. The number of alkyl carbamates (subject to hydrolysis) is 1. The van der Waals surface area contributed by atoms with Crippen molar-refractivity contribution in [1.29, 1.82) is 0 Å². The van der Waals surface area contributed by atoms with Crippen molar-refractivity contribution in [2.24, 2.45) is 11.8 Å². The molecule has 3 aliphatic heterocycles. The highest BCUT2D eigenvalue weighted by atomic mass is 32.2. The third-order valence-corrected chi connectivity index (χ3v) is 11.9. The molecule has 0 spiro atoms. The van der Waals surface area contributed by atoms with Crippen LogP contribution < -0.4 is 10.6 Å². The average Bonchev–Trinajstić information content (AvgIpc) is 3.50. The van der Waals surface area contributed by atoms with Gasteiger partial charge in [0, 0.05) is 19.1 Å². The van der Waals surface area contributed by atoms with Crippen molar-refractivity contribution in [3.8, 4) is 0 Å². The number of aliphatic hydroxyl groups is 1. The second-order valence-corrected chi connectivity index (χ2v) is 16.3. The minimum Gasteiger partial charge on any atom is -0.443 e. The van der Waals surface area contributed by atoms with Gasteiger partial charge >= 0.3 is 6.09 Å². The van der Waals surface area contributed by atoms with Gasteiger partial charge in [-0.2, -0.15) is 4.31 Å². The Kier molecular flexibility index (Phi) is 9.44. The van der Waals surface area contributed by atoms with Gasteiger partial charge in [0.15, 0.2) is 11.4 Å². The highest BCUT2D eigenvalue weighted by Gasteiger charge is 2.58. The lowest BCUT2D eigenvalue weighted by molar-refractivity contribution is -0.231. The topological polar surface area (TPSA) is 149 Å². The zero-order valence-corrected chi connectivity index (χ0v) is 28.1. The largest absolute Gasteiger partial charge is 0.443 e. The molecule has 3 aromatic rings. The smallest absolute Gasteiger partial charge is 0.407 e. The molecule has 14 heteroatoms. The quantitative estimate of drug-likeness (QED) is 0.229. The maximum absolute atomic E-state index is 14.1. The molecule has 254 valence electrons. The third-order valence-electron chi connectivity index (χ3n) is 9.15. The summed E-state index contributed by atoms with van der Waals surface area (Å²) in [5, 5.41) is 18.7. The Morgan fingerprint density at radius 2 is 1.91 bits per heavy atom. The van der Waals surface area contributed by atoms with Gasteiger partial charge in [-0.25, -0.2) is 18.2 Å². The SMILES string of the molecule is CC(C)CN(C[C@@H](O)[C@H](CCc1ccccc1)NC(=O)OC1C2COC3OCC1C3O2)S(=O)(=O)c1ccc2nc(NC3CC3)sc2c1. The van der Waals surface area contributed by atoms with Gasteiger partial charge in [0.25, 0.3) is 0 Å². The number of carbonyl (C=O) groups is 1. The summed E-state index contributed by atoms with van der Waals surface area (Å²) in [7, 11) is -4.00. The van der Waals surface area contributed by atoms with E-state index in [4.69, 9.17) is 18.9 Å². The highest BCUT2D eigenvalue weighted by Crippen LogP contribution is 2.41. The third kappa shape index (κ3) is 7.28. The number of aryl methyl sites for hydroxylation is 1. The molecule has 1 aromatic heterocycles. The molecule has 3 saturated heterocycles. The molecule has 47 heavy (non-hydrogen) atoms. The minimum atomic E-state index is -4.00. The number of ether oxygens (including phenoxy) is 4. The summed E-state index contributed by atoms with van der Waals surface area (Å²) in [5.41, 5.74) is 1.77. The molecule has 2 aromatic carbocycles. The number of amides is 1. The maximum atomic E-state index is 14.1. The van der Waals surface area contributed by atoms with Crippen molar-refractivity contribution in [3.63, 3.8) is 0 Å². The number of aromatic nitrogens is 1. The number of hydrogen-bond donors (Lipinski definition) is 3. The van der Waals surface area contributed by atoms with Gasteiger partial charge < -0.3 is 34.7 Å². The molecule has 1 amide bonds. The number of anilines is 1. The first-order valence-corrected chi connectivity index (χ1v) is 18.6. The van der Waals surface area contributed by atoms with Gasteiger partial charge in [0.2, 0.25) is 10.0 Å². The van der Waals surface area contributed by atoms with Crippen LogP contribution in [0.5, 0.6) is 0 Å². The van der Waals surface area contributed by atoms with Gasteiger partial charge in [-0.1, -0.05) is 55.5 Å². The number of nitrogens with zero attached hydrogens (tertiary/aromatic N) is 2. The fourth-order valence-electron chi connectivity index (χ4n) is 6.56. The summed E-state index contributed by atoms with van der Waals surface area (Å²) in [4.78, 5) is 18.1. The predicted octanol–water partition coefficient (Wildman–Crippen LogP) is 3.74. The van der Waals surface area contributed by atoms with Crippen LogP contribution in [0.2, 0.25) is 0 Å². The number of rotatable bonds is 14. The van der Waals surface area contributed by atoms with E-state index in [1.165, 1.54) is 15.6 Å². The van der Waals surface area contributed by atoms with Crippen LogP contribution in [-0.2, 0) is 35.4 Å². The van der Waals surface area contributed by atoms with E-state index in [0.29, 0.717) is 25.5 Å². The summed E-state index contributed by atoms with van der Waals surface area (Å²) in [6.07, 6.45) is -0.410. The number of nitrogens with one attached hydrogen (secondary N) is 2. The Labute approximate surface area is 278 Å². The van der Waals surface area contributed by atoms with E-state index in [0.717, 1.165) is 33.8 Å². The molecule has 2 bridgehead atoms. The standard InChI is InChI=1S/C33H42N4O8S2/c1-19(2)15-37(47(40,41)22-11-13-25-28(14-22)46-32(35-25)34-21-9-10-21)16-26(38)24(12-8-20-6-4-3-5-7-20)36-33(39)45-29-23-17-42-31-30(23)44-27(29)18-43-31/h3-7,11,13-14,19,21,23-24,26-27,29-31,38H,8-10,12,15-18H2,1-2H3,(H,34,35)(H,36,39)/t23?,24-,26+,27?,29?,30?,31?/m0/s1. The first-order chi connectivity index (χ1) is 22.6. The van der Waals surface area contributed by atoms with E-state index in [-0.39, 0.29) is 48.6 Å². The Morgan fingerprint density at radius 1 is 1.13 bits per heavy atom. The van der Waals surface area contributed by atoms with Crippen molar-refractivity contribution in [3.05, 3.63) is 54.1 Å². The van der Waals surface area contributed by atoms with Gasteiger partial charge in [0.1, 0.15) is 18.3 Å².